The second-order valence-corrected chi connectivity index (χ2v) is 5.30. The minimum absolute atomic E-state index is 0.186. The maximum Gasteiger partial charge on any atom is 0.162 e. The summed E-state index contributed by atoms with van der Waals surface area (Å²) in [5, 5.41) is 0. The molecule has 0 saturated heterocycles. The smallest absolute Gasteiger partial charge is 0.162 e. The van der Waals surface area contributed by atoms with Crippen LogP contribution in [0.5, 0.6) is 0 Å². The molecule has 0 atom stereocenters. The lowest BCUT2D eigenvalue weighted by atomic mass is 9.99. The molecule has 0 aliphatic carbocycles. The van der Waals surface area contributed by atoms with Gasteiger partial charge in [0.2, 0.25) is 0 Å². The van der Waals surface area contributed by atoms with Gasteiger partial charge in [0.15, 0.2) is 5.78 Å². The quantitative estimate of drug-likeness (QED) is 0.569. The lowest BCUT2D eigenvalue weighted by Gasteiger charge is -2.06. The molecule has 0 N–H and O–H groups in total. The van der Waals surface area contributed by atoms with Crippen LogP contribution in [0.25, 0.3) is 22.3 Å². The molecule has 0 spiro atoms. The zero-order valence-electron chi connectivity index (χ0n) is 12.6. The Morgan fingerprint density at radius 1 is 0.636 bits per heavy atom. The van der Waals surface area contributed by atoms with E-state index < -0.39 is 0 Å². The summed E-state index contributed by atoms with van der Waals surface area (Å²) in [5.41, 5.74) is 5.51. The fourth-order valence-corrected chi connectivity index (χ4v) is 2.54. The molecule has 3 aromatic rings. The van der Waals surface area contributed by atoms with Crippen molar-refractivity contribution in [1.82, 2.24) is 0 Å². The largest absolute Gasteiger partial charge is 0.294 e. The number of rotatable bonds is 4. The molecule has 1 heteroatoms. The van der Waals surface area contributed by atoms with Crippen LogP contribution in [0.15, 0.2) is 78.9 Å². The molecule has 0 aromatic heterocycles. The molecule has 22 heavy (non-hydrogen) atoms. The van der Waals surface area contributed by atoms with Gasteiger partial charge in [-0.2, -0.15) is 0 Å². The van der Waals surface area contributed by atoms with Gasteiger partial charge in [0.05, 0.1) is 0 Å². The fraction of sp³-hybridized carbons (Fsp3) is 0.0952. The fourth-order valence-electron chi connectivity index (χ4n) is 2.54. The second-order valence-electron chi connectivity index (χ2n) is 5.30. The van der Waals surface area contributed by atoms with Crippen LogP contribution in [0, 0.1) is 0 Å². The van der Waals surface area contributed by atoms with Crippen molar-refractivity contribution in [2.45, 2.75) is 13.3 Å². The summed E-state index contributed by atoms with van der Waals surface area (Å²) < 4.78 is 0. The lowest BCUT2D eigenvalue weighted by molar-refractivity contribution is 0.0988. The highest BCUT2D eigenvalue weighted by molar-refractivity contribution is 5.96. The first-order valence-corrected chi connectivity index (χ1v) is 7.57. The van der Waals surface area contributed by atoms with E-state index in [4.69, 9.17) is 0 Å². The van der Waals surface area contributed by atoms with Crippen LogP contribution in [0.1, 0.15) is 23.7 Å². The Bertz CT molecular complexity index is 753. The van der Waals surface area contributed by atoms with Crippen LogP contribution in [0.4, 0.5) is 0 Å². The Balaban J connectivity index is 1.85. The first kappa shape index (κ1) is 14.3. The third-order valence-corrected chi connectivity index (χ3v) is 3.85. The van der Waals surface area contributed by atoms with Gasteiger partial charge in [0.25, 0.3) is 0 Å². The molecular weight excluding hydrogens is 268 g/mol. The normalized spacial score (nSPS) is 10.4. The van der Waals surface area contributed by atoms with Crippen LogP contribution in [0.2, 0.25) is 0 Å². The zero-order valence-corrected chi connectivity index (χ0v) is 12.6. The lowest BCUT2D eigenvalue weighted by Crippen LogP contribution is -1.95. The molecule has 1 nitrogen and oxygen atoms in total. The van der Waals surface area contributed by atoms with Gasteiger partial charge in [0, 0.05) is 12.0 Å². The highest BCUT2D eigenvalue weighted by Gasteiger charge is 2.04. The highest BCUT2D eigenvalue weighted by Crippen LogP contribution is 2.25. The van der Waals surface area contributed by atoms with Gasteiger partial charge in [-0.25, -0.2) is 0 Å². The van der Waals surface area contributed by atoms with Crippen LogP contribution in [-0.4, -0.2) is 5.78 Å². The molecule has 108 valence electrons. The summed E-state index contributed by atoms with van der Waals surface area (Å²) >= 11 is 0. The van der Waals surface area contributed by atoms with E-state index in [1.807, 2.05) is 49.4 Å². The molecule has 0 bridgehead atoms. The Morgan fingerprint density at radius 2 is 1.05 bits per heavy atom. The van der Waals surface area contributed by atoms with Gasteiger partial charge in [-0.05, 0) is 22.3 Å². The Hall–Kier alpha value is -2.67. The molecule has 0 fully saturated rings. The van der Waals surface area contributed by atoms with Crippen molar-refractivity contribution in [3.63, 3.8) is 0 Å². The number of ketones is 1. The summed E-state index contributed by atoms with van der Waals surface area (Å²) in [6, 6.07) is 26.7. The SMILES string of the molecule is CCC(=O)c1ccc(-c2ccc(-c3ccccc3)cc2)cc1. The van der Waals surface area contributed by atoms with E-state index in [9.17, 15) is 4.79 Å². The van der Waals surface area contributed by atoms with Gasteiger partial charge >= 0.3 is 0 Å². The molecule has 0 aliphatic rings. The van der Waals surface area contributed by atoms with Crippen molar-refractivity contribution in [1.29, 1.82) is 0 Å². The van der Waals surface area contributed by atoms with Crippen molar-refractivity contribution >= 4 is 5.78 Å². The average Bonchev–Trinajstić information content (AvgIpc) is 2.62. The zero-order chi connectivity index (χ0) is 15.4. The monoisotopic (exact) mass is 286 g/mol. The van der Waals surface area contributed by atoms with Crippen LogP contribution in [0.3, 0.4) is 0 Å². The molecule has 0 saturated carbocycles. The summed E-state index contributed by atoms with van der Waals surface area (Å²) in [7, 11) is 0. The van der Waals surface area contributed by atoms with E-state index in [-0.39, 0.29) is 5.78 Å². The van der Waals surface area contributed by atoms with Gasteiger partial charge in [0.1, 0.15) is 0 Å². The van der Waals surface area contributed by atoms with E-state index in [0.717, 1.165) is 16.7 Å². The molecule has 0 radical (unpaired) electrons. The predicted molar refractivity (Wildman–Crippen MR) is 91.9 cm³/mol. The number of benzene rings is 3. The molecule has 3 rings (SSSR count). The third-order valence-electron chi connectivity index (χ3n) is 3.85. The van der Waals surface area contributed by atoms with Crippen molar-refractivity contribution in [2.75, 3.05) is 0 Å². The maximum atomic E-state index is 11.7. The highest BCUT2D eigenvalue weighted by atomic mass is 16.1. The summed E-state index contributed by atoms with van der Waals surface area (Å²) in [6.07, 6.45) is 0.547. The number of carbonyl (C=O) groups excluding carboxylic acids is 1. The number of hydrogen-bond acceptors (Lipinski definition) is 1. The second kappa shape index (κ2) is 6.40. The van der Waals surface area contributed by atoms with E-state index in [1.54, 1.807) is 0 Å². The first-order valence-electron chi connectivity index (χ1n) is 7.57. The van der Waals surface area contributed by atoms with E-state index in [0.29, 0.717) is 6.42 Å². The van der Waals surface area contributed by atoms with Crippen LogP contribution < -0.4 is 0 Å². The summed E-state index contributed by atoms with van der Waals surface area (Å²) in [5.74, 6) is 0.186. The first-order chi connectivity index (χ1) is 10.8. The van der Waals surface area contributed by atoms with Crippen LogP contribution in [-0.2, 0) is 0 Å². The number of carbonyl (C=O) groups is 1. The molecule has 0 unspecified atom stereocenters. The van der Waals surface area contributed by atoms with Gasteiger partial charge in [-0.15, -0.1) is 0 Å². The van der Waals surface area contributed by atoms with Gasteiger partial charge < -0.3 is 0 Å². The molecule has 0 heterocycles. The van der Waals surface area contributed by atoms with Gasteiger partial charge in [-0.3, -0.25) is 4.79 Å². The Morgan fingerprint density at radius 3 is 1.50 bits per heavy atom. The molecule has 3 aromatic carbocycles. The standard InChI is InChI=1S/C21H18O/c1-2-21(22)20-14-12-19(13-15-20)18-10-8-17(9-11-18)16-6-4-3-5-7-16/h3-15H,2H2,1H3. The van der Waals surface area contributed by atoms with Crippen molar-refractivity contribution in [2.24, 2.45) is 0 Å². The molecular formula is C21H18O. The van der Waals surface area contributed by atoms with E-state index >= 15 is 0 Å². The topological polar surface area (TPSA) is 17.1 Å². The number of hydrogen-bond donors (Lipinski definition) is 0. The van der Waals surface area contributed by atoms with Gasteiger partial charge in [-0.1, -0.05) is 85.8 Å². The van der Waals surface area contributed by atoms with Crippen molar-refractivity contribution < 1.29 is 4.79 Å². The maximum absolute atomic E-state index is 11.7. The van der Waals surface area contributed by atoms with E-state index in [1.165, 1.54) is 11.1 Å². The molecule has 0 amide bonds. The van der Waals surface area contributed by atoms with Crippen LogP contribution >= 0.6 is 0 Å². The number of Topliss-reactive ketones (excluding diaryl/α,β-unsaturated/α-hetero) is 1. The predicted octanol–water partition coefficient (Wildman–Crippen LogP) is 5.61. The van der Waals surface area contributed by atoms with E-state index in [2.05, 4.69) is 36.4 Å². The Labute approximate surface area is 131 Å². The third kappa shape index (κ3) is 2.99. The summed E-state index contributed by atoms with van der Waals surface area (Å²) in [6.45, 7) is 1.89. The van der Waals surface area contributed by atoms with Crippen molar-refractivity contribution in [3.8, 4) is 22.3 Å². The summed E-state index contributed by atoms with van der Waals surface area (Å²) in [4.78, 5) is 11.7. The minimum atomic E-state index is 0.186. The van der Waals surface area contributed by atoms with Crippen molar-refractivity contribution in [3.05, 3.63) is 84.4 Å². The average molecular weight is 286 g/mol. The Kier molecular flexibility index (Phi) is 4.15. The minimum Gasteiger partial charge on any atom is -0.294 e. The molecule has 0 aliphatic heterocycles.